The Hall–Kier alpha value is -7.89. The Balaban J connectivity index is 1.07. The summed E-state index contributed by atoms with van der Waals surface area (Å²) in [6, 6.07) is 68.1. The third-order valence-electron chi connectivity index (χ3n) is 11.4. The Bertz CT molecular complexity index is 3550. The lowest BCUT2D eigenvalue weighted by Crippen LogP contribution is -2.00. The minimum absolute atomic E-state index is 0.600. The molecule has 0 saturated carbocycles. The van der Waals surface area contributed by atoms with E-state index in [9.17, 15) is 0 Å². The number of hydrogen-bond donors (Lipinski definition) is 0. The van der Waals surface area contributed by atoms with Gasteiger partial charge in [-0.2, -0.15) is 0 Å². The van der Waals surface area contributed by atoms with Crippen LogP contribution in [0.25, 0.3) is 116 Å². The largest absolute Gasteiger partial charge is 0.455 e. The first kappa shape index (κ1) is 32.4. The van der Waals surface area contributed by atoms with Crippen molar-refractivity contribution in [3.8, 4) is 51.0 Å². The fourth-order valence-electron chi connectivity index (χ4n) is 8.61. The van der Waals surface area contributed by atoms with Crippen molar-refractivity contribution in [2.75, 3.05) is 0 Å². The number of furan rings is 1. The molecule has 12 rings (SSSR count). The molecule has 0 fully saturated rings. The summed E-state index contributed by atoms with van der Waals surface area (Å²) in [4.78, 5) is 15.2. The molecule has 5 heteroatoms. The molecule has 0 aliphatic heterocycles. The lowest BCUT2D eigenvalue weighted by Gasteiger charge is -2.13. The molecule has 270 valence electrons. The monoisotopic (exact) mass is 740 g/mol. The van der Waals surface area contributed by atoms with Gasteiger partial charge in [0.25, 0.3) is 0 Å². The van der Waals surface area contributed by atoms with Gasteiger partial charge in [-0.25, -0.2) is 15.0 Å². The summed E-state index contributed by atoms with van der Waals surface area (Å²) in [7, 11) is 0. The number of benzene rings is 9. The fourth-order valence-corrected chi connectivity index (χ4v) is 8.61. The maximum atomic E-state index is 6.73. The van der Waals surface area contributed by atoms with E-state index in [2.05, 4.69) is 156 Å². The fraction of sp³-hybridized carbons (Fsp3) is 0. The lowest BCUT2D eigenvalue weighted by molar-refractivity contribution is 0.672. The van der Waals surface area contributed by atoms with Crippen molar-refractivity contribution < 1.29 is 4.42 Å². The second kappa shape index (κ2) is 12.8. The number of fused-ring (bicyclic) bond motifs is 9. The summed E-state index contributed by atoms with van der Waals surface area (Å²) in [5.74, 6) is 1.84. The van der Waals surface area contributed by atoms with Crippen LogP contribution in [0, 0.1) is 0 Å². The van der Waals surface area contributed by atoms with Crippen LogP contribution < -0.4 is 0 Å². The average Bonchev–Trinajstić information content (AvgIpc) is 3.83. The summed E-state index contributed by atoms with van der Waals surface area (Å²) in [5.41, 5.74) is 10.1. The Morgan fingerprint density at radius 3 is 1.60 bits per heavy atom. The highest BCUT2D eigenvalue weighted by atomic mass is 16.3. The van der Waals surface area contributed by atoms with Crippen LogP contribution in [0.1, 0.15) is 0 Å². The molecule has 0 amide bonds. The van der Waals surface area contributed by atoms with Crippen LogP contribution in [0.2, 0.25) is 0 Å². The van der Waals surface area contributed by atoms with Crippen LogP contribution in [-0.4, -0.2) is 19.5 Å². The highest BCUT2D eigenvalue weighted by Crippen LogP contribution is 2.42. The first-order chi connectivity index (χ1) is 28.7. The van der Waals surface area contributed by atoms with Crippen LogP contribution >= 0.6 is 0 Å². The Morgan fingerprint density at radius 1 is 0.328 bits per heavy atom. The van der Waals surface area contributed by atoms with E-state index in [0.29, 0.717) is 17.5 Å². The van der Waals surface area contributed by atoms with E-state index in [-0.39, 0.29) is 0 Å². The maximum absolute atomic E-state index is 6.73. The van der Waals surface area contributed by atoms with Gasteiger partial charge in [-0.1, -0.05) is 152 Å². The predicted octanol–water partition coefficient (Wildman–Crippen LogP) is 13.8. The molecule has 0 aliphatic carbocycles. The van der Waals surface area contributed by atoms with Gasteiger partial charge < -0.3 is 8.98 Å². The summed E-state index contributed by atoms with van der Waals surface area (Å²) in [6.45, 7) is 0. The van der Waals surface area contributed by atoms with Crippen molar-refractivity contribution in [2.24, 2.45) is 0 Å². The lowest BCUT2D eigenvalue weighted by atomic mass is 10.0. The first-order valence-electron chi connectivity index (χ1n) is 19.5. The standard InChI is InChI=1S/C53H32N4O/c1-3-13-33(14-4-1)34-23-25-36(26-24-34)52-54-51(35-15-5-2-6-16-35)55-53(56-52)39-27-28-49-44(30-39)45-32-48(40-19-9-10-21-42(40)50(45)58-49)57-46-22-12-11-20-41(46)43-29-37-17-7-8-18-38(37)31-47(43)57/h1-32H. The molecule has 0 aliphatic rings. The smallest absolute Gasteiger partial charge is 0.164 e. The van der Waals surface area contributed by atoms with Crippen LogP contribution in [0.5, 0.6) is 0 Å². The second-order valence-electron chi connectivity index (χ2n) is 14.8. The minimum atomic E-state index is 0.600. The summed E-state index contributed by atoms with van der Waals surface area (Å²) >= 11 is 0. The van der Waals surface area contributed by atoms with E-state index < -0.39 is 0 Å². The van der Waals surface area contributed by atoms with Gasteiger partial charge >= 0.3 is 0 Å². The van der Waals surface area contributed by atoms with E-state index in [1.54, 1.807) is 0 Å². The van der Waals surface area contributed by atoms with Gasteiger partial charge in [0.2, 0.25) is 0 Å². The zero-order valence-corrected chi connectivity index (χ0v) is 31.2. The Kier molecular flexibility index (Phi) is 7.16. The molecular formula is C53H32N4O. The molecular weight excluding hydrogens is 709 g/mol. The van der Waals surface area contributed by atoms with E-state index in [1.807, 2.05) is 42.5 Å². The number of rotatable bonds is 5. The molecule has 0 N–H and O–H groups in total. The zero-order valence-electron chi connectivity index (χ0n) is 31.2. The highest BCUT2D eigenvalue weighted by molar-refractivity contribution is 6.20. The Labute approximate surface area is 333 Å². The molecule has 0 radical (unpaired) electrons. The van der Waals surface area contributed by atoms with Gasteiger partial charge in [-0.05, 0) is 64.4 Å². The van der Waals surface area contributed by atoms with Crippen LogP contribution in [-0.2, 0) is 0 Å². The molecule has 0 saturated heterocycles. The molecule has 58 heavy (non-hydrogen) atoms. The number of nitrogens with zero attached hydrogens (tertiary/aromatic N) is 4. The second-order valence-corrected chi connectivity index (χ2v) is 14.8. The summed E-state index contributed by atoms with van der Waals surface area (Å²) in [6.07, 6.45) is 0. The van der Waals surface area contributed by atoms with Crippen molar-refractivity contribution >= 4 is 65.3 Å². The number of hydrogen-bond acceptors (Lipinski definition) is 4. The van der Waals surface area contributed by atoms with Crippen LogP contribution in [0.3, 0.4) is 0 Å². The molecule has 0 spiro atoms. The molecule has 3 heterocycles. The summed E-state index contributed by atoms with van der Waals surface area (Å²) in [5, 5.41) is 9.11. The zero-order chi connectivity index (χ0) is 38.2. The van der Waals surface area contributed by atoms with E-state index in [1.165, 1.54) is 32.6 Å². The number of para-hydroxylation sites is 1. The topological polar surface area (TPSA) is 56.7 Å². The normalized spacial score (nSPS) is 11.8. The van der Waals surface area contributed by atoms with Gasteiger partial charge in [0.15, 0.2) is 17.5 Å². The Morgan fingerprint density at radius 2 is 0.862 bits per heavy atom. The molecule has 0 unspecified atom stereocenters. The van der Waals surface area contributed by atoms with Gasteiger partial charge in [-0.15, -0.1) is 0 Å². The molecule has 5 nitrogen and oxygen atoms in total. The molecule has 0 bridgehead atoms. The molecule has 3 aromatic heterocycles. The average molecular weight is 741 g/mol. The van der Waals surface area contributed by atoms with Crippen LogP contribution in [0.15, 0.2) is 199 Å². The van der Waals surface area contributed by atoms with Gasteiger partial charge in [0.1, 0.15) is 11.2 Å². The third kappa shape index (κ3) is 5.14. The number of aromatic nitrogens is 4. The van der Waals surface area contributed by atoms with Gasteiger partial charge in [0, 0.05) is 49.0 Å². The van der Waals surface area contributed by atoms with Gasteiger partial charge in [-0.3, -0.25) is 0 Å². The van der Waals surface area contributed by atoms with E-state index >= 15 is 0 Å². The van der Waals surface area contributed by atoms with E-state index in [0.717, 1.165) is 66.2 Å². The quantitative estimate of drug-likeness (QED) is 0.176. The third-order valence-corrected chi connectivity index (χ3v) is 11.4. The van der Waals surface area contributed by atoms with E-state index in [4.69, 9.17) is 19.4 Å². The predicted molar refractivity (Wildman–Crippen MR) is 238 cm³/mol. The van der Waals surface area contributed by atoms with Crippen LogP contribution in [0.4, 0.5) is 0 Å². The minimum Gasteiger partial charge on any atom is -0.455 e. The first-order valence-corrected chi connectivity index (χ1v) is 19.5. The van der Waals surface area contributed by atoms with Crippen molar-refractivity contribution in [3.05, 3.63) is 194 Å². The van der Waals surface area contributed by atoms with Gasteiger partial charge in [0.05, 0.1) is 16.7 Å². The molecule has 9 aromatic carbocycles. The van der Waals surface area contributed by atoms with Crippen molar-refractivity contribution in [2.45, 2.75) is 0 Å². The summed E-state index contributed by atoms with van der Waals surface area (Å²) < 4.78 is 9.16. The SMILES string of the molecule is c1ccc(-c2ccc(-c3nc(-c4ccccc4)nc(-c4ccc5oc6c7ccccc7c(-n7c8ccccc8c8cc9ccccc9cc87)cc6c5c4)n3)cc2)cc1. The van der Waals surface area contributed by atoms with Crippen molar-refractivity contribution in [1.29, 1.82) is 0 Å². The maximum Gasteiger partial charge on any atom is 0.164 e. The van der Waals surface area contributed by atoms with Crippen molar-refractivity contribution in [3.63, 3.8) is 0 Å². The molecule has 12 aromatic rings. The molecule has 0 atom stereocenters. The highest BCUT2D eigenvalue weighted by Gasteiger charge is 2.20. The van der Waals surface area contributed by atoms with Crippen molar-refractivity contribution in [1.82, 2.24) is 19.5 Å².